The fourth-order valence-corrected chi connectivity index (χ4v) is 2.18. The van der Waals surface area contributed by atoms with Gasteiger partial charge in [-0.15, -0.1) is 0 Å². The van der Waals surface area contributed by atoms with Gasteiger partial charge in [-0.2, -0.15) is 0 Å². The highest BCUT2D eigenvalue weighted by atomic mass is 127. The molecule has 13 heavy (non-hydrogen) atoms. The zero-order valence-electron chi connectivity index (χ0n) is 7.38. The van der Waals surface area contributed by atoms with Crippen molar-refractivity contribution in [3.8, 4) is 0 Å². The van der Waals surface area contributed by atoms with Gasteiger partial charge >= 0.3 is 0 Å². The third-order valence-corrected chi connectivity index (χ3v) is 3.07. The van der Waals surface area contributed by atoms with E-state index in [4.69, 9.17) is 0 Å². The molecule has 2 nitrogen and oxygen atoms in total. The van der Waals surface area contributed by atoms with Crippen LogP contribution in [0.2, 0.25) is 0 Å². The van der Waals surface area contributed by atoms with E-state index in [9.17, 15) is 4.79 Å². The van der Waals surface area contributed by atoms with Gasteiger partial charge in [0, 0.05) is 16.7 Å². The molecule has 1 aliphatic heterocycles. The molecule has 68 valence electrons. The van der Waals surface area contributed by atoms with Crippen LogP contribution >= 0.6 is 22.6 Å². The summed E-state index contributed by atoms with van der Waals surface area (Å²) < 4.78 is 1.05. The summed E-state index contributed by atoms with van der Waals surface area (Å²) >= 11 is 2.21. The Morgan fingerprint density at radius 3 is 2.69 bits per heavy atom. The van der Waals surface area contributed by atoms with Gasteiger partial charge in [-0.05, 0) is 41.1 Å². The first-order chi connectivity index (χ1) is 6.20. The fraction of sp³-hybridized carbons (Fsp3) is 0.300. The SMILES string of the molecule is Cc1cccc(I)c1C(=O)N1CC1. The van der Waals surface area contributed by atoms with Crippen molar-refractivity contribution >= 4 is 28.5 Å². The third-order valence-electron chi connectivity index (χ3n) is 2.17. The monoisotopic (exact) mass is 287 g/mol. The second kappa shape index (κ2) is 3.29. The molecule has 1 fully saturated rings. The van der Waals surface area contributed by atoms with E-state index in [0.717, 1.165) is 27.8 Å². The van der Waals surface area contributed by atoms with Gasteiger partial charge in [0.25, 0.3) is 5.91 Å². The van der Waals surface area contributed by atoms with Crippen LogP contribution < -0.4 is 0 Å². The molecule has 0 bridgehead atoms. The van der Waals surface area contributed by atoms with Crippen LogP contribution in [0, 0.1) is 10.5 Å². The van der Waals surface area contributed by atoms with Crippen molar-refractivity contribution in [2.24, 2.45) is 0 Å². The quantitative estimate of drug-likeness (QED) is 0.572. The highest BCUT2D eigenvalue weighted by Crippen LogP contribution is 2.21. The number of nitrogens with zero attached hydrogens (tertiary/aromatic N) is 1. The largest absolute Gasteiger partial charge is 0.335 e. The van der Waals surface area contributed by atoms with E-state index in [0.29, 0.717) is 0 Å². The topological polar surface area (TPSA) is 20.1 Å². The highest BCUT2D eigenvalue weighted by molar-refractivity contribution is 14.1. The normalized spacial score (nSPS) is 14.5. The Morgan fingerprint density at radius 2 is 2.15 bits per heavy atom. The minimum Gasteiger partial charge on any atom is -0.335 e. The molecule has 0 radical (unpaired) electrons. The average Bonchev–Trinajstić information content (AvgIpc) is 2.85. The van der Waals surface area contributed by atoms with Gasteiger partial charge in [0.1, 0.15) is 0 Å². The van der Waals surface area contributed by atoms with Crippen LogP contribution in [0.5, 0.6) is 0 Å². The maximum Gasteiger partial charge on any atom is 0.255 e. The highest BCUT2D eigenvalue weighted by Gasteiger charge is 2.27. The van der Waals surface area contributed by atoms with Crippen LogP contribution in [0.4, 0.5) is 0 Å². The van der Waals surface area contributed by atoms with Crippen molar-refractivity contribution in [2.45, 2.75) is 6.92 Å². The molecule has 0 N–H and O–H groups in total. The number of hydrogen-bond donors (Lipinski definition) is 0. The third kappa shape index (κ3) is 1.70. The van der Waals surface area contributed by atoms with E-state index in [1.165, 1.54) is 0 Å². The molecule has 0 spiro atoms. The minimum atomic E-state index is 0.183. The number of carbonyl (C=O) groups excluding carboxylic acids is 1. The molecule has 1 heterocycles. The lowest BCUT2D eigenvalue weighted by Crippen LogP contribution is -2.13. The zero-order chi connectivity index (χ0) is 9.42. The molecule has 0 aromatic heterocycles. The first-order valence-electron chi connectivity index (χ1n) is 4.24. The van der Waals surface area contributed by atoms with Crippen molar-refractivity contribution in [1.29, 1.82) is 0 Å². The maximum atomic E-state index is 11.8. The first-order valence-corrected chi connectivity index (χ1v) is 5.32. The van der Waals surface area contributed by atoms with Gasteiger partial charge in [0.15, 0.2) is 0 Å². The maximum absolute atomic E-state index is 11.8. The number of rotatable bonds is 1. The Labute approximate surface area is 91.1 Å². The van der Waals surface area contributed by atoms with Crippen molar-refractivity contribution in [2.75, 3.05) is 13.1 Å². The lowest BCUT2D eigenvalue weighted by atomic mass is 10.1. The summed E-state index contributed by atoms with van der Waals surface area (Å²) in [7, 11) is 0. The lowest BCUT2D eigenvalue weighted by molar-refractivity contribution is 0.0884. The van der Waals surface area contributed by atoms with Crippen LogP contribution in [-0.2, 0) is 0 Å². The number of hydrogen-bond acceptors (Lipinski definition) is 1. The smallest absolute Gasteiger partial charge is 0.255 e. The predicted molar refractivity (Wildman–Crippen MR) is 59.8 cm³/mol. The molecule has 0 atom stereocenters. The molecule has 1 aliphatic rings. The Balaban J connectivity index is 2.42. The molecule has 1 aromatic rings. The van der Waals surface area contributed by atoms with Crippen LogP contribution in [0.1, 0.15) is 15.9 Å². The Kier molecular flexibility index (Phi) is 2.27. The van der Waals surface area contributed by atoms with Gasteiger partial charge in [0.05, 0.1) is 5.56 Å². The van der Waals surface area contributed by atoms with Gasteiger partial charge < -0.3 is 4.90 Å². The first kappa shape index (κ1) is 8.99. The molecule has 0 saturated carbocycles. The number of carbonyl (C=O) groups is 1. The number of amides is 1. The summed E-state index contributed by atoms with van der Waals surface area (Å²) in [5.41, 5.74) is 1.95. The van der Waals surface area contributed by atoms with E-state index in [-0.39, 0.29) is 5.91 Å². The van der Waals surface area contributed by atoms with Crippen LogP contribution in [0.15, 0.2) is 18.2 Å². The van der Waals surface area contributed by atoms with E-state index in [1.54, 1.807) is 0 Å². The Hall–Kier alpha value is -0.580. The van der Waals surface area contributed by atoms with Gasteiger partial charge in [0.2, 0.25) is 0 Å². The van der Waals surface area contributed by atoms with E-state index in [1.807, 2.05) is 30.0 Å². The minimum absolute atomic E-state index is 0.183. The van der Waals surface area contributed by atoms with Crippen LogP contribution in [0.25, 0.3) is 0 Å². The Bertz CT molecular complexity index is 338. The molecule has 1 amide bonds. The van der Waals surface area contributed by atoms with Crippen molar-refractivity contribution in [3.05, 3.63) is 32.9 Å². The standard InChI is InChI=1S/C10H10INO/c1-7-3-2-4-8(11)9(7)10(13)12-5-6-12/h2-4H,5-6H2,1H3. The summed E-state index contributed by atoms with van der Waals surface area (Å²) in [5, 5.41) is 0. The van der Waals surface area contributed by atoms with E-state index >= 15 is 0 Å². The van der Waals surface area contributed by atoms with Gasteiger partial charge in [-0.25, -0.2) is 0 Å². The molecule has 2 rings (SSSR count). The Morgan fingerprint density at radius 1 is 1.46 bits per heavy atom. The molecule has 0 aliphatic carbocycles. The fourth-order valence-electron chi connectivity index (χ4n) is 1.31. The molecule has 0 unspecified atom stereocenters. The van der Waals surface area contributed by atoms with Crippen molar-refractivity contribution in [1.82, 2.24) is 4.90 Å². The summed E-state index contributed by atoms with van der Waals surface area (Å²) in [6, 6.07) is 5.94. The average molecular weight is 287 g/mol. The van der Waals surface area contributed by atoms with Gasteiger partial charge in [-0.1, -0.05) is 12.1 Å². The second-order valence-corrected chi connectivity index (χ2v) is 4.39. The summed E-state index contributed by atoms with van der Waals surface area (Å²) in [6.07, 6.45) is 0. The predicted octanol–water partition coefficient (Wildman–Crippen LogP) is 2.06. The summed E-state index contributed by atoms with van der Waals surface area (Å²) in [4.78, 5) is 13.6. The van der Waals surface area contributed by atoms with E-state index in [2.05, 4.69) is 22.6 Å². The molecular weight excluding hydrogens is 277 g/mol. The molecular formula is C10H10INO. The number of halogens is 1. The summed E-state index contributed by atoms with van der Waals surface area (Å²) in [5.74, 6) is 0.183. The van der Waals surface area contributed by atoms with Crippen LogP contribution in [-0.4, -0.2) is 23.9 Å². The lowest BCUT2D eigenvalue weighted by Gasteiger charge is -2.07. The van der Waals surface area contributed by atoms with Crippen LogP contribution in [0.3, 0.4) is 0 Å². The van der Waals surface area contributed by atoms with Crippen molar-refractivity contribution in [3.63, 3.8) is 0 Å². The molecule has 1 saturated heterocycles. The molecule has 3 heteroatoms. The van der Waals surface area contributed by atoms with Crippen molar-refractivity contribution < 1.29 is 4.79 Å². The summed E-state index contributed by atoms with van der Waals surface area (Å²) in [6.45, 7) is 3.82. The van der Waals surface area contributed by atoms with E-state index < -0.39 is 0 Å². The zero-order valence-corrected chi connectivity index (χ0v) is 9.54. The second-order valence-electron chi connectivity index (χ2n) is 3.22. The molecule has 1 aromatic carbocycles. The number of benzene rings is 1. The van der Waals surface area contributed by atoms with Gasteiger partial charge in [-0.3, -0.25) is 4.79 Å². The number of aryl methyl sites for hydroxylation is 1.